The van der Waals surface area contributed by atoms with Crippen LogP contribution < -0.4 is 10.2 Å². The van der Waals surface area contributed by atoms with Crippen molar-refractivity contribution in [2.75, 3.05) is 38.5 Å². The Balaban J connectivity index is 1.82. The van der Waals surface area contributed by atoms with Crippen LogP contribution in [0.3, 0.4) is 0 Å². The molecule has 1 saturated heterocycles. The van der Waals surface area contributed by atoms with Gasteiger partial charge in [0.25, 0.3) is 5.91 Å². The van der Waals surface area contributed by atoms with Crippen LogP contribution in [0, 0.1) is 0 Å². The van der Waals surface area contributed by atoms with Crippen molar-refractivity contribution in [3.8, 4) is 0 Å². The highest BCUT2D eigenvalue weighted by Gasteiger charge is 2.22. The minimum absolute atomic E-state index is 0.0128. The van der Waals surface area contributed by atoms with E-state index in [2.05, 4.69) is 5.32 Å². The number of benzene rings is 1. The lowest BCUT2D eigenvalue weighted by atomic mass is 10.3. The van der Waals surface area contributed by atoms with Gasteiger partial charge in [0.1, 0.15) is 0 Å². The van der Waals surface area contributed by atoms with Gasteiger partial charge in [0.2, 0.25) is 5.91 Å². The molecule has 0 spiro atoms. The Labute approximate surface area is 140 Å². The fraction of sp³-hybridized carbons (Fsp3) is 0.467. The van der Waals surface area contributed by atoms with Crippen molar-refractivity contribution in [2.45, 2.75) is 12.8 Å². The summed E-state index contributed by atoms with van der Waals surface area (Å²) in [4.78, 5) is 26.8. The van der Waals surface area contributed by atoms with Crippen LogP contribution in [0.15, 0.2) is 18.2 Å². The van der Waals surface area contributed by atoms with E-state index in [-0.39, 0.29) is 18.4 Å². The van der Waals surface area contributed by atoms with Gasteiger partial charge in [-0.05, 0) is 18.2 Å². The molecule has 7 heteroatoms. The Kier molecular flexibility index (Phi) is 6.06. The maximum Gasteiger partial charge on any atom is 0.277 e. The van der Waals surface area contributed by atoms with E-state index in [9.17, 15) is 9.59 Å². The number of nitrogens with zero attached hydrogens (tertiary/aromatic N) is 1. The zero-order valence-corrected chi connectivity index (χ0v) is 14.0. The summed E-state index contributed by atoms with van der Waals surface area (Å²) in [5, 5.41) is 3.51. The molecule has 0 unspecified atom stereocenters. The van der Waals surface area contributed by atoms with Crippen LogP contribution in [-0.4, -0.2) is 49.9 Å². The summed E-state index contributed by atoms with van der Waals surface area (Å²) in [6, 6.07) is 4.87. The zero-order chi connectivity index (χ0) is 16.1. The molecule has 0 saturated carbocycles. The highest BCUT2D eigenvalue weighted by Crippen LogP contribution is 2.24. The zero-order valence-electron chi connectivity index (χ0n) is 12.5. The largest absolute Gasteiger partial charge is 0.332 e. The van der Waals surface area contributed by atoms with Crippen molar-refractivity contribution < 1.29 is 14.5 Å². The molecule has 120 valence electrons. The van der Waals surface area contributed by atoms with Gasteiger partial charge in [-0.2, -0.15) is 0 Å². The molecule has 5 nitrogen and oxygen atoms in total. The molecule has 0 aromatic heterocycles. The highest BCUT2D eigenvalue weighted by molar-refractivity contribution is 6.42. The second-order valence-corrected chi connectivity index (χ2v) is 6.38. The number of likely N-dealkylation sites (tertiary alicyclic amines) is 1. The number of anilines is 1. The van der Waals surface area contributed by atoms with Crippen molar-refractivity contribution in [1.82, 2.24) is 4.90 Å². The lowest BCUT2D eigenvalue weighted by Gasteiger charge is -2.19. The first-order valence-corrected chi connectivity index (χ1v) is 8.03. The number of rotatable bonds is 5. The van der Waals surface area contributed by atoms with E-state index in [0.29, 0.717) is 22.3 Å². The summed E-state index contributed by atoms with van der Waals surface area (Å²) in [6.07, 6.45) is 2.34. The first-order valence-electron chi connectivity index (χ1n) is 7.28. The normalized spacial score (nSPS) is 14.9. The molecule has 22 heavy (non-hydrogen) atoms. The smallest absolute Gasteiger partial charge is 0.277 e. The number of quaternary nitrogens is 1. The van der Waals surface area contributed by atoms with E-state index in [0.717, 1.165) is 13.1 Å². The van der Waals surface area contributed by atoms with Crippen LogP contribution in [0.4, 0.5) is 5.69 Å². The predicted molar refractivity (Wildman–Crippen MR) is 87.5 cm³/mol. The average Bonchev–Trinajstić information content (AvgIpc) is 2.95. The van der Waals surface area contributed by atoms with Crippen molar-refractivity contribution in [3.63, 3.8) is 0 Å². The van der Waals surface area contributed by atoms with Crippen LogP contribution in [-0.2, 0) is 9.59 Å². The standard InChI is InChI=1S/C15H19Cl2N3O2/c1-19(15(22)10-20-6-2-3-7-20)9-14(21)18-11-4-5-12(16)13(17)8-11/h4-5,8H,2-3,6-7,9-10H2,1H3,(H,18,21)/p+1. The molecule has 2 amide bonds. The summed E-state index contributed by atoms with van der Waals surface area (Å²) in [5.74, 6) is -0.271. The Morgan fingerprint density at radius 1 is 1.23 bits per heavy atom. The Bertz CT molecular complexity index is 560. The minimum atomic E-state index is -0.259. The molecule has 1 aliphatic heterocycles. The summed E-state index contributed by atoms with van der Waals surface area (Å²) >= 11 is 11.7. The lowest BCUT2D eigenvalue weighted by molar-refractivity contribution is -0.879. The van der Waals surface area contributed by atoms with E-state index in [1.807, 2.05) is 0 Å². The molecule has 2 N–H and O–H groups in total. The number of hydrogen-bond donors (Lipinski definition) is 2. The van der Waals surface area contributed by atoms with Gasteiger partial charge < -0.3 is 15.1 Å². The number of carbonyl (C=O) groups is 2. The van der Waals surface area contributed by atoms with Crippen LogP contribution in [0.5, 0.6) is 0 Å². The molecule has 1 heterocycles. The fourth-order valence-electron chi connectivity index (χ4n) is 2.48. The third-order valence-electron chi connectivity index (χ3n) is 3.72. The Morgan fingerprint density at radius 3 is 2.55 bits per heavy atom. The molecule has 0 bridgehead atoms. The molecule has 0 aliphatic carbocycles. The summed E-state index contributed by atoms with van der Waals surface area (Å²) < 4.78 is 0. The Morgan fingerprint density at radius 2 is 1.91 bits per heavy atom. The van der Waals surface area contributed by atoms with Gasteiger partial charge in [-0.3, -0.25) is 9.59 Å². The van der Waals surface area contributed by atoms with Gasteiger partial charge in [-0.1, -0.05) is 23.2 Å². The first kappa shape index (κ1) is 17.1. The van der Waals surface area contributed by atoms with Crippen molar-refractivity contribution >= 4 is 40.7 Å². The van der Waals surface area contributed by atoms with Gasteiger partial charge in [-0.25, -0.2) is 0 Å². The van der Waals surface area contributed by atoms with Gasteiger partial charge >= 0.3 is 0 Å². The second-order valence-electron chi connectivity index (χ2n) is 5.56. The molecule has 0 atom stereocenters. The first-order chi connectivity index (χ1) is 10.5. The molecule has 0 radical (unpaired) electrons. The molecular formula is C15H20Cl2N3O2+. The monoisotopic (exact) mass is 344 g/mol. The summed E-state index contributed by atoms with van der Waals surface area (Å²) in [6.45, 7) is 2.55. The Hall–Kier alpha value is -1.30. The number of nitrogens with one attached hydrogen (secondary N) is 2. The fourth-order valence-corrected chi connectivity index (χ4v) is 2.78. The topological polar surface area (TPSA) is 53.9 Å². The number of hydrogen-bond acceptors (Lipinski definition) is 2. The van der Waals surface area contributed by atoms with Gasteiger partial charge in [0.15, 0.2) is 6.54 Å². The molecular weight excluding hydrogens is 325 g/mol. The third kappa shape index (κ3) is 4.87. The van der Waals surface area contributed by atoms with E-state index < -0.39 is 0 Å². The van der Waals surface area contributed by atoms with Gasteiger partial charge in [-0.15, -0.1) is 0 Å². The predicted octanol–water partition coefficient (Wildman–Crippen LogP) is 1.07. The van der Waals surface area contributed by atoms with Crippen LogP contribution in [0.25, 0.3) is 0 Å². The summed E-state index contributed by atoms with van der Waals surface area (Å²) in [5.41, 5.74) is 0.561. The van der Waals surface area contributed by atoms with Crippen LogP contribution in [0.2, 0.25) is 10.0 Å². The van der Waals surface area contributed by atoms with Crippen LogP contribution >= 0.6 is 23.2 Å². The molecule has 1 aromatic carbocycles. The SMILES string of the molecule is CN(CC(=O)Nc1ccc(Cl)c(Cl)c1)C(=O)C[NH+]1CCCC1. The minimum Gasteiger partial charge on any atom is -0.332 e. The summed E-state index contributed by atoms with van der Waals surface area (Å²) in [7, 11) is 1.65. The highest BCUT2D eigenvalue weighted by atomic mass is 35.5. The number of carbonyl (C=O) groups excluding carboxylic acids is 2. The maximum absolute atomic E-state index is 12.1. The average molecular weight is 345 g/mol. The lowest BCUT2D eigenvalue weighted by Crippen LogP contribution is -3.11. The van der Waals surface area contributed by atoms with Crippen LogP contribution in [0.1, 0.15) is 12.8 Å². The third-order valence-corrected chi connectivity index (χ3v) is 4.46. The van der Waals surface area contributed by atoms with E-state index >= 15 is 0 Å². The van der Waals surface area contributed by atoms with Gasteiger partial charge in [0, 0.05) is 25.6 Å². The van der Waals surface area contributed by atoms with Gasteiger partial charge in [0.05, 0.1) is 29.7 Å². The second kappa shape index (κ2) is 7.81. The van der Waals surface area contributed by atoms with E-state index in [4.69, 9.17) is 23.2 Å². The number of amides is 2. The maximum atomic E-state index is 12.1. The molecule has 1 fully saturated rings. The quantitative estimate of drug-likeness (QED) is 0.839. The number of halogens is 2. The molecule has 1 aromatic rings. The number of likely N-dealkylation sites (N-methyl/N-ethyl adjacent to an activating group) is 1. The van der Waals surface area contributed by atoms with E-state index in [1.54, 1.807) is 25.2 Å². The van der Waals surface area contributed by atoms with Crippen molar-refractivity contribution in [1.29, 1.82) is 0 Å². The van der Waals surface area contributed by atoms with Crippen molar-refractivity contribution in [2.24, 2.45) is 0 Å². The van der Waals surface area contributed by atoms with E-state index in [1.165, 1.54) is 22.6 Å². The molecule has 2 rings (SSSR count). The van der Waals surface area contributed by atoms with Crippen molar-refractivity contribution in [3.05, 3.63) is 28.2 Å². The molecule has 1 aliphatic rings.